The highest BCUT2D eigenvalue weighted by Crippen LogP contribution is 2.03. The molecule has 6 heteroatoms. The van der Waals surface area contributed by atoms with Crippen molar-refractivity contribution in [3.05, 3.63) is 35.7 Å². The smallest absolute Gasteiger partial charge is 0.355 e. The van der Waals surface area contributed by atoms with Crippen molar-refractivity contribution in [2.75, 3.05) is 0 Å². The molecule has 0 saturated heterocycles. The van der Waals surface area contributed by atoms with E-state index in [0.717, 1.165) is 0 Å². The maximum absolute atomic E-state index is 11.6. The van der Waals surface area contributed by atoms with Crippen LogP contribution in [-0.2, 0) is 18.4 Å². The Balaban J connectivity index is 1.96. The second-order valence-corrected chi connectivity index (χ2v) is 3.42. The van der Waals surface area contributed by atoms with Gasteiger partial charge in [-0.25, -0.2) is 9.78 Å². The Morgan fingerprint density at radius 3 is 3.00 bits per heavy atom. The molecule has 0 saturated carbocycles. The van der Waals surface area contributed by atoms with Gasteiger partial charge in [0, 0.05) is 13.2 Å². The Hall–Kier alpha value is -2.11. The zero-order chi connectivity index (χ0) is 11.5. The van der Waals surface area contributed by atoms with Crippen molar-refractivity contribution in [3.63, 3.8) is 0 Å². The van der Waals surface area contributed by atoms with E-state index in [1.54, 1.807) is 36.9 Å². The SMILES string of the molecule is Cc1nc(COC(=O)c2cccn2C)n[nH]1. The molecule has 16 heavy (non-hydrogen) atoms. The number of hydrogen-bond acceptors (Lipinski definition) is 4. The molecule has 0 spiro atoms. The largest absolute Gasteiger partial charge is 0.453 e. The average Bonchev–Trinajstić information content (AvgIpc) is 2.84. The van der Waals surface area contributed by atoms with Crippen LogP contribution in [0.4, 0.5) is 0 Å². The van der Waals surface area contributed by atoms with Gasteiger partial charge >= 0.3 is 5.97 Å². The van der Waals surface area contributed by atoms with E-state index in [1.165, 1.54) is 0 Å². The van der Waals surface area contributed by atoms with Gasteiger partial charge in [-0.05, 0) is 19.1 Å². The third kappa shape index (κ3) is 2.10. The molecule has 0 aliphatic heterocycles. The zero-order valence-electron chi connectivity index (χ0n) is 9.10. The van der Waals surface area contributed by atoms with Gasteiger partial charge in [0.25, 0.3) is 0 Å². The molecule has 0 aromatic carbocycles. The lowest BCUT2D eigenvalue weighted by Crippen LogP contribution is -2.10. The lowest BCUT2D eigenvalue weighted by Gasteiger charge is -2.02. The van der Waals surface area contributed by atoms with Crippen LogP contribution in [0.2, 0.25) is 0 Å². The number of esters is 1. The van der Waals surface area contributed by atoms with E-state index < -0.39 is 0 Å². The summed E-state index contributed by atoms with van der Waals surface area (Å²) in [6.07, 6.45) is 1.79. The van der Waals surface area contributed by atoms with E-state index in [9.17, 15) is 4.79 Å². The lowest BCUT2D eigenvalue weighted by molar-refractivity contribution is 0.0451. The fraction of sp³-hybridized carbons (Fsp3) is 0.300. The van der Waals surface area contributed by atoms with Crippen LogP contribution in [-0.4, -0.2) is 25.7 Å². The van der Waals surface area contributed by atoms with Gasteiger partial charge in [0.1, 0.15) is 11.5 Å². The van der Waals surface area contributed by atoms with Crippen LogP contribution in [0.25, 0.3) is 0 Å². The van der Waals surface area contributed by atoms with E-state index >= 15 is 0 Å². The third-order valence-electron chi connectivity index (χ3n) is 2.13. The van der Waals surface area contributed by atoms with Crippen molar-refractivity contribution in [2.45, 2.75) is 13.5 Å². The monoisotopic (exact) mass is 220 g/mol. The maximum Gasteiger partial charge on any atom is 0.355 e. The highest BCUT2D eigenvalue weighted by Gasteiger charge is 2.11. The van der Waals surface area contributed by atoms with Crippen LogP contribution in [0.3, 0.4) is 0 Å². The van der Waals surface area contributed by atoms with Crippen LogP contribution in [0.15, 0.2) is 18.3 Å². The van der Waals surface area contributed by atoms with Gasteiger partial charge in [-0.3, -0.25) is 5.10 Å². The zero-order valence-corrected chi connectivity index (χ0v) is 9.10. The summed E-state index contributed by atoms with van der Waals surface area (Å²) in [5.41, 5.74) is 0.507. The van der Waals surface area contributed by atoms with E-state index in [1.807, 2.05) is 0 Å². The number of nitrogens with zero attached hydrogens (tertiary/aromatic N) is 3. The summed E-state index contributed by atoms with van der Waals surface area (Å²) < 4.78 is 6.76. The molecule has 6 nitrogen and oxygen atoms in total. The molecule has 0 bridgehead atoms. The number of carbonyl (C=O) groups is 1. The molecule has 0 atom stereocenters. The van der Waals surface area contributed by atoms with Crippen molar-refractivity contribution in [3.8, 4) is 0 Å². The topological polar surface area (TPSA) is 72.8 Å². The van der Waals surface area contributed by atoms with Crippen molar-refractivity contribution >= 4 is 5.97 Å². The second-order valence-electron chi connectivity index (χ2n) is 3.42. The number of aromatic amines is 1. The van der Waals surface area contributed by atoms with Crippen molar-refractivity contribution in [1.82, 2.24) is 19.7 Å². The third-order valence-corrected chi connectivity index (χ3v) is 2.13. The molecular formula is C10H12N4O2. The molecule has 0 amide bonds. The first kappa shape index (κ1) is 10.4. The standard InChI is InChI=1S/C10H12N4O2/c1-7-11-9(13-12-7)6-16-10(15)8-4-3-5-14(8)2/h3-5H,6H2,1-2H3,(H,11,12,13). The molecule has 0 radical (unpaired) electrons. The summed E-state index contributed by atoms with van der Waals surface area (Å²) in [6.45, 7) is 1.86. The highest BCUT2D eigenvalue weighted by molar-refractivity contribution is 5.87. The number of ether oxygens (including phenoxy) is 1. The maximum atomic E-state index is 11.6. The predicted molar refractivity (Wildman–Crippen MR) is 55.7 cm³/mol. The molecule has 2 aromatic rings. The summed E-state index contributed by atoms with van der Waals surface area (Å²) in [6, 6.07) is 3.49. The van der Waals surface area contributed by atoms with Crippen molar-refractivity contribution < 1.29 is 9.53 Å². The van der Waals surface area contributed by atoms with Gasteiger partial charge in [0.2, 0.25) is 0 Å². The minimum atomic E-state index is -0.380. The molecular weight excluding hydrogens is 208 g/mol. The number of aryl methyl sites for hydroxylation is 2. The molecule has 0 aliphatic carbocycles. The van der Waals surface area contributed by atoms with Gasteiger partial charge in [-0.1, -0.05) is 0 Å². The van der Waals surface area contributed by atoms with Gasteiger partial charge in [-0.15, -0.1) is 0 Å². The average molecular weight is 220 g/mol. The minimum Gasteiger partial charge on any atom is -0.453 e. The van der Waals surface area contributed by atoms with Crippen LogP contribution >= 0.6 is 0 Å². The Morgan fingerprint density at radius 2 is 2.44 bits per heavy atom. The number of aromatic nitrogens is 4. The summed E-state index contributed by atoms with van der Waals surface area (Å²) in [7, 11) is 1.79. The summed E-state index contributed by atoms with van der Waals surface area (Å²) >= 11 is 0. The Morgan fingerprint density at radius 1 is 1.62 bits per heavy atom. The van der Waals surface area contributed by atoms with E-state index in [-0.39, 0.29) is 12.6 Å². The number of H-pyrrole nitrogens is 1. The number of carbonyl (C=O) groups excluding carboxylic acids is 1. The highest BCUT2D eigenvalue weighted by atomic mass is 16.5. The van der Waals surface area contributed by atoms with Gasteiger partial charge in [0.05, 0.1) is 0 Å². The fourth-order valence-electron chi connectivity index (χ4n) is 1.33. The van der Waals surface area contributed by atoms with Crippen LogP contribution < -0.4 is 0 Å². The normalized spacial score (nSPS) is 10.4. The van der Waals surface area contributed by atoms with Gasteiger partial charge in [0.15, 0.2) is 12.4 Å². The van der Waals surface area contributed by atoms with E-state index in [4.69, 9.17) is 4.74 Å². The predicted octanol–water partition coefficient (Wildman–Crippen LogP) is 0.809. The van der Waals surface area contributed by atoms with Crippen LogP contribution in [0.5, 0.6) is 0 Å². The molecule has 84 valence electrons. The molecule has 0 fully saturated rings. The number of nitrogens with one attached hydrogen (secondary N) is 1. The van der Waals surface area contributed by atoms with Gasteiger partial charge < -0.3 is 9.30 Å². The second kappa shape index (κ2) is 4.18. The first-order valence-corrected chi connectivity index (χ1v) is 4.83. The summed E-state index contributed by atoms with van der Waals surface area (Å²) in [4.78, 5) is 15.6. The Labute approximate surface area is 92.3 Å². The molecule has 0 unspecified atom stereocenters. The van der Waals surface area contributed by atoms with Crippen LogP contribution in [0.1, 0.15) is 22.1 Å². The van der Waals surface area contributed by atoms with Crippen LogP contribution in [0, 0.1) is 6.92 Å². The molecule has 1 N–H and O–H groups in total. The van der Waals surface area contributed by atoms with Gasteiger partial charge in [-0.2, -0.15) is 5.10 Å². The lowest BCUT2D eigenvalue weighted by atomic mass is 10.4. The minimum absolute atomic E-state index is 0.0777. The van der Waals surface area contributed by atoms with E-state index in [0.29, 0.717) is 17.3 Å². The summed E-state index contributed by atoms with van der Waals surface area (Å²) in [5, 5.41) is 6.55. The summed E-state index contributed by atoms with van der Waals surface area (Å²) in [5.74, 6) is 0.792. The van der Waals surface area contributed by atoms with Crippen molar-refractivity contribution in [1.29, 1.82) is 0 Å². The first-order chi connectivity index (χ1) is 7.66. The fourth-order valence-corrected chi connectivity index (χ4v) is 1.33. The molecule has 0 aliphatic rings. The van der Waals surface area contributed by atoms with E-state index in [2.05, 4.69) is 15.2 Å². The Kier molecular flexibility index (Phi) is 2.72. The van der Waals surface area contributed by atoms with Crippen molar-refractivity contribution in [2.24, 2.45) is 7.05 Å². The molecule has 2 rings (SSSR count). The molecule has 2 heterocycles. The first-order valence-electron chi connectivity index (χ1n) is 4.83. The number of rotatable bonds is 3. The quantitative estimate of drug-likeness (QED) is 0.777. The Bertz CT molecular complexity index is 500. The number of hydrogen-bond donors (Lipinski definition) is 1. The molecule has 2 aromatic heterocycles.